The van der Waals surface area contributed by atoms with Crippen LogP contribution in [0, 0.1) is 5.92 Å². The van der Waals surface area contributed by atoms with E-state index < -0.39 is 48.3 Å². The zero-order valence-electron chi connectivity index (χ0n) is 14.8. The fourth-order valence-electron chi connectivity index (χ4n) is 2.16. The number of aliphatic hydroxyl groups excluding tert-OH is 1. The van der Waals surface area contributed by atoms with Crippen LogP contribution in [0.15, 0.2) is 0 Å². The number of carbonyl (C=O) groups is 4. The summed E-state index contributed by atoms with van der Waals surface area (Å²) in [5.74, 6) is -4.39. The maximum Gasteiger partial charge on any atom is 0.333 e. The molecular weight excluding hydrogens is 348 g/mol. The maximum atomic E-state index is 11.4. The van der Waals surface area contributed by atoms with Gasteiger partial charge in [-0.1, -0.05) is 6.92 Å². The first-order valence-corrected chi connectivity index (χ1v) is 8.51. The highest BCUT2D eigenvalue weighted by Gasteiger charge is 2.18. The first kappa shape index (κ1) is 23.8. The van der Waals surface area contributed by atoms with Crippen LogP contribution in [-0.2, 0) is 19.2 Å². The fourth-order valence-corrected chi connectivity index (χ4v) is 2.16. The second-order valence-corrected chi connectivity index (χ2v) is 6.13. The van der Waals surface area contributed by atoms with Crippen molar-refractivity contribution >= 4 is 23.8 Å². The van der Waals surface area contributed by atoms with Crippen LogP contribution in [0.1, 0.15) is 45.4 Å². The molecule has 6 N–H and O–H groups in total. The van der Waals surface area contributed by atoms with Crippen LogP contribution in [-0.4, -0.2) is 69.5 Å². The number of rotatable bonds is 15. The van der Waals surface area contributed by atoms with E-state index in [2.05, 4.69) is 10.6 Å². The van der Waals surface area contributed by atoms with Gasteiger partial charge in [-0.3, -0.25) is 14.4 Å². The van der Waals surface area contributed by atoms with Gasteiger partial charge in [0.1, 0.15) is 6.04 Å². The molecule has 0 aromatic heterocycles. The first-order valence-electron chi connectivity index (χ1n) is 8.51. The summed E-state index contributed by atoms with van der Waals surface area (Å²) >= 11 is 0. The molecule has 3 atom stereocenters. The molecular formula is C16H28N2O8. The summed E-state index contributed by atoms with van der Waals surface area (Å²) in [4.78, 5) is 43.6. The van der Waals surface area contributed by atoms with Crippen LogP contribution >= 0.6 is 0 Å². The largest absolute Gasteiger partial charge is 0.481 e. The maximum absolute atomic E-state index is 11.4. The molecule has 0 spiro atoms. The van der Waals surface area contributed by atoms with Gasteiger partial charge in [-0.2, -0.15) is 0 Å². The second-order valence-electron chi connectivity index (χ2n) is 6.13. The molecule has 0 aromatic rings. The highest BCUT2D eigenvalue weighted by molar-refractivity contribution is 5.83. The Hall–Kier alpha value is -2.20. The standard InChI is InChI=1S/C16H28N2O8/c1-10(14(21)22)5-4-8-17-11(15(23)24)6-2-3-7-18-13(20)9-12(19)16(25)26/h10-12,17,19H,2-9H2,1H3,(H,18,20)(H,21,22)(H,23,24)(H,25,26). The van der Waals surface area contributed by atoms with Gasteiger partial charge < -0.3 is 31.1 Å². The predicted octanol–water partition coefficient (Wildman–Crippen LogP) is -0.348. The number of carboxylic acid groups (broad SMARTS) is 3. The molecule has 0 heterocycles. The topological polar surface area (TPSA) is 173 Å². The quantitative estimate of drug-likeness (QED) is 0.209. The number of carboxylic acids is 3. The molecule has 0 aliphatic heterocycles. The summed E-state index contributed by atoms with van der Waals surface area (Å²) in [6.07, 6.45) is 0.135. The number of unbranched alkanes of at least 4 members (excludes halogenated alkanes) is 1. The molecule has 0 radical (unpaired) electrons. The monoisotopic (exact) mass is 376 g/mol. The molecule has 0 rings (SSSR count). The number of hydrogen-bond acceptors (Lipinski definition) is 6. The molecule has 150 valence electrons. The molecule has 10 heteroatoms. The van der Waals surface area contributed by atoms with Gasteiger partial charge in [-0.25, -0.2) is 4.79 Å². The van der Waals surface area contributed by atoms with Crippen LogP contribution in [0.4, 0.5) is 0 Å². The van der Waals surface area contributed by atoms with Crippen molar-refractivity contribution in [3.8, 4) is 0 Å². The van der Waals surface area contributed by atoms with Crippen LogP contribution < -0.4 is 10.6 Å². The highest BCUT2D eigenvalue weighted by atomic mass is 16.4. The van der Waals surface area contributed by atoms with Crippen molar-refractivity contribution in [3.63, 3.8) is 0 Å². The van der Waals surface area contributed by atoms with Gasteiger partial charge in [0.15, 0.2) is 6.10 Å². The Labute approximate surface area is 151 Å². The Balaban J connectivity index is 3.90. The molecule has 0 saturated carbocycles. The van der Waals surface area contributed by atoms with E-state index in [1.54, 1.807) is 6.92 Å². The van der Waals surface area contributed by atoms with E-state index >= 15 is 0 Å². The first-order chi connectivity index (χ1) is 12.1. The van der Waals surface area contributed by atoms with Gasteiger partial charge in [0.05, 0.1) is 12.3 Å². The van der Waals surface area contributed by atoms with Crippen molar-refractivity contribution in [2.24, 2.45) is 5.92 Å². The lowest BCUT2D eigenvalue weighted by atomic mass is 10.1. The summed E-state index contributed by atoms with van der Waals surface area (Å²) in [6, 6.07) is -0.750. The van der Waals surface area contributed by atoms with Gasteiger partial charge in [0.25, 0.3) is 0 Å². The molecule has 3 unspecified atom stereocenters. The molecule has 0 bridgehead atoms. The Morgan fingerprint density at radius 2 is 1.50 bits per heavy atom. The molecule has 0 saturated heterocycles. The molecule has 0 fully saturated rings. The Morgan fingerprint density at radius 1 is 0.846 bits per heavy atom. The zero-order valence-corrected chi connectivity index (χ0v) is 14.8. The van der Waals surface area contributed by atoms with Crippen molar-refractivity contribution in [1.29, 1.82) is 0 Å². The Kier molecular flexibility index (Phi) is 12.0. The summed E-state index contributed by atoms with van der Waals surface area (Å²) in [7, 11) is 0. The van der Waals surface area contributed by atoms with E-state index in [4.69, 9.17) is 20.4 Å². The van der Waals surface area contributed by atoms with Gasteiger partial charge in [0.2, 0.25) is 5.91 Å². The number of nitrogens with one attached hydrogen (secondary N) is 2. The van der Waals surface area contributed by atoms with Crippen molar-refractivity contribution in [1.82, 2.24) is 10.6 Å². The number of amides is 1. The average Bonchev–Trinajstić information content (AvgIpc) is 2.55. The van der Waals surface area contributed by atoms with E-state index in [1.807, 2.05) is 0 Å². The lowest BCUT2D eigenvalue weighted by Gasteiger charge is -2.15. The summed E-state index contributed by atoms with van der Waals surface area (Å²) in [5, 5.41) is 40.8. The normalized spacial score (nSPS) is 14.2. The minimum atomic E-state index is -1.74. The summed E-state index contributed by atoms with van der Waals surface area (Å²) in [6.45, 7) is 2.26. The summed E-state index contributed by atoms with van der Waals surface area (Å²) < 4.78 is 0. The molecule has 0 aliphatic carbocycles. The number of hydrogen-bond donors (Lipinski definition) is 6. The third-order valence-corrected chi connectivity index (χ3v) is 3.83. The third-order valence-electron chi connectivity index (χ3n) is 3.83. The Bertz CT molecular complexity index is 483. The van der Waals surface area contributed by atoms with Crippen molar-refractivity contribution < 1.29 is 39.6 Å². The lowest BCUT2D eigenvalue weighted by molar-refractivity contribution is -0.149. The third kappa shape index (κ3) is 11.4. The van der Waals surface area contributed by atoms with Gasteiger partial charge in [0, 0.05) is 6.54 Å². The fraction of sp³-hybridized carbons (Fsp3) is 0.750. The van der Waals surface area contributed by atoms with Crippen molar-refractivity contribution in [3.05, 3.63) is 0 Å². The van der Waals surface area contributed by atoms with Crippen molar-refractivity contribution in [2.45, 2.75) is 57.6 Å². The zero-order chi connectivity index (χ0) is 20.1. The average molecular weight is 376 g/mol. The number of carbonyl (C=O) groups excluding carboxylic acids is 1. The van der Waals surface area contributed by atoms with E-state index in [0.29, 0.717) is 38.6 Å². The molecule has 0 aliphatic rings. The minimum absolute atomic E-state index is 0.258. The van der Waals surface area contributed by atoms with Crippen LogP contribution in [0.5, 0.6) is 0 Å². The predicted molar refractivity (Wildman–Crippen MR) is 90.6 cm³/mol. The smallest absolute Gasteiger partial charge is 0.333 e. The SMILES string of the molecule is CC(CCCNC(CCCCNC(=O)CC(O)C(=O)O)C(=O)O)C(=O)O. The Morgan fingerprint density at radius 3 is 2.04 bits per heavy atom. The number of aliphatic hydroxyl groups is 1. The van der Waals surface area contributed by atoms with E-state index in [9.17, 15) is 19.2 Å². The van der Waals surface area contributed by atoms with E-state index in [1.165, 1.54) is 0 Å². The van der Waals surface area contributed by atoms with Gasteiger partial charge >= 0.3 is 17.9 Å². The molecule has 0 aromatic carbocycles. The van der Waals surface area contributed by atoms with Gasteiger partial charge in [-0.05, 0) is 38.6 Å². The highest BCUT2D eigenvalue weighted by Crippen LogP contribution is 2.06. The molecule has 26 heavy (non-hydrogen) atoms. The van der Waals surface area contributed by atoms with Gasteiger partial charge in [-0.15, -0.1) is 0 Å². The van der Waals surface area contributed by atoms with Crippen molar-refractivity contribution in [2.75, 3.05) is 13.1 Å². The van der Waals surface area contributed by atoms with Crippen LogP contribution in [0.25, 0.3) is 0 Å². The van der Waals surface area contributed by atoms with Crippen LogP contribution in [0.2, 0.25) is 0 Å². The second kappa shape index (κ2) is 13.1. The summed E-state index contributed by atoms with van der Waals surface area (Å²) in [5.41, 5.74) is 0. The lowest BCUT2D eigenvalue weighted by Crippen LogP contribution is -2.37. The minimum Gasteiger partial charge on any atom is -0.481 e. The van der Waals surface area contributed by atoms with Crippen LogP contribution in [0.3, 0.4) is 0 Å². The number of aliphatic carboxylic acids is 3. The van der Waals surface area contributed by atoms with E-state index in [-0.39, 0.29) is 6.54 Å². The molecule has 1 amide bonds. The molecule has 10 nitrogen and oxygen atoms in total. The van der Waals surface area contributed by atoms with E-state index in [0.717, 1.165) is 0 Å².